The predicted octanol–water partition coefficient (Wildman–Crippen LogP) is 5.41. The summed E-state index contributed by atoms with van der Waals surface area (Å²) in [6.45, 7) is 11.6. The number of aliphatic hydroxyl groups is 1. The number of hydrogen-bond acceptors (Lipinski definition) is 5. The Kier molecular flexibility index (Phi) is 7.96. The Morgan fingerprint density at radius 3 is 2.41 bits per heavy atom. The molecule has 0 unspecified atom stereocenters. The van der Waals surface area contributed by atoms with Gasteiger partial charge >= 0.3 is 5.97 Å². The molecule has 0 aromatic heterocycles. The van der Waals surface area contributed by atoms with Crippen LogP contribution in [0.1, 0.15) is 33.3 Å². The van der Waals surface area contributed by atoms with E-state index in [0.717, 1.165) is 12.3 Å². The van der Waals surface area contributed by atoms with Crippen LogP contribution in [-0.2, 0) is 14.1 Å². The normalized spacial score (nSPS) is 13.5. The number of carbonyl (C=O) groups is 1. The van der Waals surface area contributed by atoms with Gasteiger partial charge in [0.05, 0.1) is 18.4 Å². The van der Waals surface area contributed by atoms with Gasteiger partial charge in [0, 0.05) is 9.64 Å². The van der Waals surface area contributed by atoms with E-state index in [4.69, 9.17) is 9.26 Å². The number of benzene rings is 1. The van der Waals surface area contributed by atoms with Crippen LogP contribution in [0.5, 0.6) is 0 Å². The van der Waals surface area contributed by atoms with Gasteiger partial charge in [-0.15, -0.1) is 5.16 Å². The molecule has 5 nitrogen and oxygen atoms in total. The number of nitrogens with zero attached hydrogens (tertiary/aromatic N) is 1. The Morgan fingerprint density at radius 1 is 1.30 bits per heavy atom. The molecular weight excluding hydrogens is 487 g/mol. The molecule has 150 valence electrons. The van der Waals surface area contributed by atoms with Gasteiger partial charge in [-0.05, 0) is 53.7 Å². The first-order valence-electron chi connectivity index (χ1n) is 8.28. The van der Waals surface area contributed by atoms with Gasteiger partial charge in [-0.2, -0.15) is 0 Å². The molecular formula is C18H24F2INO4Si. The van der Waals surface area contributed by atoms with Gasteiger partial charge in [0.25, 0.3) is 8.32 Å². The van der Waals surface area contributed by atoms with Gasteiger partial charge < -0.3 is 14.4 Å². The van der Waals surface area contributed by atoms with E-state index < -0.39 is 31.7 Å². The Balaban J connectivity index is 3.37. The van der Waals surface area contributed by atoms with E-state index in [1.165, 1.54) is 0 Å². The molecule has 0 heterocycles. The number of ether oxygens (including phenoxy) is 1. The van der Waals surface area contributed by atoms with Gasteiger partial charge in [-0.3, -0.25) is 0 Å². The van der Waals surface area contributed by atoms with Crippen molar-refractivity contribution in [3.05, 3.63) is 38.5 Å². The zero-order chi connectivity index (χ0) is 21.0. The summed E-state index contributed by atoms with van der Waals surface area (Å²) in [5.41, 5.74) is -0.709. The van der Waals surface area contributed by atoms with Crippen molar-refractivity contribution >= 4 is 48.9 Å². The number of esters is 1. The molecule has 1 N–H and O–H groups in total. The summed E-state index contributed by atoms with van der Waals surface area (Å²) in [5.74, 6) is -3.37. The minimum absolute atomic E-state index is 0.0516. The second-order valence-corrected chi connectivity index (χ2v) is 13.2. The molecule has 1 aromatic carbocycles. The van der Waals surface area contributed by atoms with Crippen molar-refractivity contribution in [2.45, 2.75) is 45.8 Å². The third-order valence-electron chi connectivity index (χ3n) is 4.28. The molecule has 0 aliphatic carbocycles. The lowest BCUT2D eigenvalue weighted by Crippen LogP contribution is -2.39. The lowest BCUT2D eigenvalue weighted by Gasteiger charge is -2.33. The number of oxime groups is 1. The van der Waals surface area contributed by atoms with E-state index in [-0.39, 0.29) is 26.4 Å². The fraction of sp³-hybridized carbons (Fsp3) is 0.444. The fourth-order valence-electron chi connectivity index (χ4n) is 1.62. The highest BCUT2D eigenvalue weighted by atomic mass is 127. The molecule has 0 aliphatic rings. The van der Waals surface area contributed by atoms with Gasteiger partial charge in [0.2, 0.25) is 0 Å². The van der Waals surface area contributed by atoms with Crippen LogP contribution in [0.15, 0.2) is 22.9 Å². The van der Waals surface area contributed by atoms with Gasteiger partial charge in [-0.1, -0.05) is 20.8 Å². The van der Waals surface area contributed by atoms with E-state index in [1.807, 2.05) is 33.9 Å². The molecule has 0 bridgehead atoms. The summed E-state index contributed by atoms with van der Waals surface area (Å²) in [5, 5.41) is 14.2. The third kappa shape index (κ3) is 5.99. The lowest BCUT2D eigenvalue weighted by molar-refractivity contribution is -0.137. The van der Waals surface area contributed by atoms with Crippen molar-refractivity contribution in [3.8, 4) is 0 Å². The molecule has 0 fully saturated rings. The number of carbonyl (C=O) groups excluding carboxylic acids is 1. The maximum Gasteiger partial charge on any atom is 0.343 e. The smallest absolute Gasteiger partial charge is 0.343 e. The second kappa shape index (κ2) is 9.13. The van der Waals surface area contributed by atoms with Crippen molar-refractivity contribution in [2.75, 3.05) is 6.61 Å². The quantitative estimate of drug-likeness (QED) is 0.0811. The molecule has 1 rings (SSSR count). The molecule has 1 aromatic rings. The third-order valence-corrected chi connectivity index (χ3v) is 9.29. The summed E-state index contributed by atoms with van der Waals surface area (Å²) < 4.78 is 38.2. The minimum Gasteiger partial charge on any atom is -0.506 e. The Labute approximate surface area is 172 Å². The molecule has 0 atom stereocenters. The maximum absolute atomic E-state index is 14.1. The largest absolute Gasteiger partial charge is 0.506 e. The van der Waals surface area contributed by atoms with Crippen LogP contribution in [0.4, 0.5) is 8.78 Å². The van der Waals surface area contributed by atoms with Gasteiger partial charge in [0.1, 0.15) is 23.0 Å². The van der Waals surface area contributed by atoms with Crippen LogP contribution in [0.2, 0.25) is 18.1 Å². The molecule has 0 aliphatic heterocycles. The van der Waals surface area contributed by atoms with Gasteiger partial charge in [-0.25, -0.2) is 13.6 Å². The van der Waals surface area contributed by atoms with Crippen LogP contribution < -0.4 is 0 Å². The number of halogens is 3. The molecule has 0 radical (unpaired) electrons. The first-order chi connectivity index (χ1) is 12.3. The van der Waals surface area contributed by atoms with Crippen LogP contribution in [0, 0.1) is 15.2 Å². The minimum atomic E-state index is -2.25. The van der Waals surface area contributed by atoms with E-state index in [1.54, 1.807) is 29.5 Å². The monoisotopic (exact) mass is 511 g/mol. The Hall–Kier alpha value is -1.49. The van der Waals surface area contributed by atoms with E-state index in [9.17, 15) is 18.7 Å². The topological polar surface area (TPSA) is 68.1 Å². The maximum atomic E-state index is 14.1. The van der Waals surface area contributed by atoms with Crippen molar-refractivity contribution in [1.29, 1.82) is 0 Å². The first-order valence-corrected chi connectivity index (χ1v) is 12.3. The Morgan fingerprint density at radius 2 is 1.89 bits per heavy atom. The van der Waals surface area contributed by atoms with Gasteiger partial charge in [0.15, 0.2) is 0 Å². The number of rotatable bonds is 6. The molecule has 0 saturated heterocycles. The molecule has 27 heavy (non-hydrogen) atoms. The average Bonchev–Trinajstić information content (AvgIpc) is 2.53. The van der Waals surface area contributed by atoms with Crippen LogP contribution in [0.3, 0.4) is 0 Å². The van der Waals surface area contributed by atoms with Crippen molar-refractivity contribution < 1.29 is 27.9 Å². The highest BCUT2D eigenvalue weighted by Gasteiger charge is 2.39. The second-order valence-electron chi connectivity index (χ2n) is 7.32. The molecule has 0 amide bonds. The van der Waals surface area contributed by atoms with E-state index in [0.29, 0.717) is 6.07 Å². The SMILES string of the molecule is CCOC(=O)C(C=NO[Si](C)(C)C(C)(C)C)=C(O)c1cc(I)c(F)cc1F. The zero-order valence-electron chi connectivity index (χ0n) is 16.2. The summed E-state index contributed by atoms with van der Waals surface area (Å²) in [7, 11) is -2.25. The fourth-order valence-corrected chi connectivity index (χ4v) is 2.67. The van der Waals surface area contributed by atoms with E-state index in [2.05, 4.69) is 5.16 Å². The summed E-state index contributed by atoms with van der Waals surface area (Å²) in [6, 6.07) is 1.74. The number of hydrogen-bond donors (Lipinski definition) is 1. The number of aliphatic hydroxyl groups excluding tert-OH is 1. The van der Waals surface area contributed by atoms with Crippen LogP contribution in [-0.4, -0.2) is 32.2 Å². The summed E-state index contributed by atoms with van der Waals surface area (Å²) >= 11 is 1.66. The van der Waals surface area contributed by atoms with Crippen molar-refractivity contribution in [1.82, 2.24) is 0 Å². The Bertz CT molecular complexity index is 773. The first kappa shape index (κ1) is 23.5. The standard InChI is InChI=1S/C18H24F2INO4Si/c1-7-25-17(24)12(10-22-26-27(5,6)18(2,3)4)16(23)11-8-15(21)14(20)9-13(11)19/h8-10,23H,7H2,1-6H3. The van der Waals surface area contributed by atoms with Crippen LogP contribution >= 0.6 is 22.6 Å². The molecule has 0 spiro atoms. The molecule has 0 saturated carbocycles. The summed E-state index contributed by atoms with van der Waals surface area (Å²) in [4.78, 5) is 12.2. The zero-order valence-corrected chi connectivity index (χ0v) is 19.3. The highest BCUT2D eigenvalue weighted by Crippen LogP contribution is 2.36. The van der Waals surface area contributed by atoms with E-state index >= 15 is 0 Å². The average molecular weight is 511 g/mol. The van der Waals surface area contributed by atoms with Crippen molar-refractivity contribution in [2.24, 2.45) is 5.16 Å². The highest BCUT2D eigenvalue weighted by molar-refractivity contribution is 14.1. The van der Waals surface area contributed by atoms with Crippen LogP contribution in [0.25, 0.3) is 5.76 Å². The van der Waals surface area contributed by atoms with Crippen molar-refractivity contribution in [3.63, 3.8) is 0 Å². The lowest BCUT2D eigenvalue weighted by atomic mass is 10.1. The predicted molar refractivity (Wildman–Crippen MR) is 112 cm³/mol. The molecule has 9 heteroatoms. The summed E-state index contributed by atoms with van der Waals surface area (Å²) in [6.07, 6.45) is 1.00.